The molecule has 14 heteroatoms. The summed E-state index contributed by atoms with van der Waals surface area (Å²) in [7, 11) is 2.52. The summed E-state index contributed by atoms with van der Waals surface area (Å²) in [5, 5.41) is 5.26. The number of alkyl carbamates (subject to hydrolysis) is 2. The van der Waals surface area contributed by atoms with Crippen molar-refractivity contribution in [2.24, 2.45) is 22.6 Å². The van der Waals surface area contributed by atoms with Crippen LogP contribution in [0.3, 0.4) is 0 Å². The van der Waals surface area contributed by atoms with Crippen LogP contribution in [-0.4, -0.2) is 101 Å². The van der Waals surface area contributed by atoms with E-state index < -0.39 is 30.3 Å². The van der Waals surface area contributed by atoms with Gasteiger partial charge in [-0.25, -0.2) is 14.6 Å². The van der Waals surface area contributed by atoms with Crippen molar-refractivity contribution in [3.05, 3.63) is 17.7 Å². The number of aromatic nitrogens is 2. The smallest absolute Gasteiger partial charge is 0.407 e. The maximum atomic E-state index is 13.3. The van der Waals surface area contributed by atoms with Crippen molar-refractivity contribution in [1.82, 2.24) is 30.4 Å². The molecular weight excluding hydrogens is 592 g/mol. The zero-order valence-corrected chi connectivity index (χ0v) is 27.7. The zero-order chi connectivity index (χ0) is 34.0. The van der Waals surface area contributed by atoms with Crippen molar-refractivity contribution in [3.8, 4) is 23.7 Å². The van der Waals surface area contributed by atoms with Gasteiger partial charge in [-0.1, -0.05) is 33.6 Å². The first-order chi connectivity index (χ1) is 21.9. The Morgan fingerprint density at radius 1 is 0.935 bits per heavy atom. The number of amides is 4. The van der Waals surface area contributed by atoms with E-state index >= 15 is 0 Å². The van der Waals surface area contributed by atoms with Gasteiger partial charge in [0.15, 0.2) is 0 Å². The average molecular weight is 639 g/mol. The molecular formula is C32H46N8O6. The molecule has 0 radical (unpaired) electrons. The lowest BCUT2D eigenvalue weighted by Gasteiger charge is -2.30. The highest BCUT2D eigenvalue weighted by Gasteiger charge is 2.38. The molecule has 1 aromatic heterocycles. The monoisotopic (exact) mass is 638 g/mol. The Bertz CT molecular complexity index is 1410. The summed E-state index contributed by atoms with van der Waals surface area (Å²) in [5.74, 6) is 11.7. The number of nitrogens with two attached hydrogens (primary N) is 1. The van der Waals surface area contributed by atoms with Crippen LogP contribution in [0, 0.1) is 35.5 Å². The van der Waals surface area contributed by atoms with Crippen molar-refractivity contribution in [1.29, 1.82) is 0 Å². The second-order valence-electron chi connectivity index (χ2n) is 12.0. The molecule has 0 spiro atoms. The Balaban J connectivity index is 1.65. The fraction of sp³-hybridized carbons (Fsp3) is 0.625. The third kappa shape index (κ3) is 9.16. The Morgan fingerprint density at radius 2 is 1.50 bits per heavy atom. The minimum absolute atomic E-state index is 0.126. The van der Waals surface area contributed by atoms with E-state index in [9.17, 15) is 19.2 Å². The topological polar surface area (TPSA) is 184 Å². The maximum absolute atomic E-state index is 13.3. The van der Waals surface area contributed by atoms with Gasteiger partial charge in [-0.05, 0) is 62.2 Å². The number of methoxy groups -OCH3 is 2. The fourth-order valence-electron chi connectivity index (χ4n) is 5.56. The van der Waals surface area contributed by atoms with Gasteiger partial charge in [0.1, 0.15) is 35.5 Å². The van der Waals surface area contributed by atoms with E-state index in [1.807, 2.05) is 27.7 Å². The molecule has 0 aromatic carbocycles. The number of likely N-dealkylation sites (tertiary alicyclic amines) is 2. The molecule has 5 atom stereocenters. The summed E-state index contributed by atoms with van der Waals surface area (Å²) in [6.07, 6.45) is 3.25. The van der Waals surface area contributed by atoms with Crippen LogP contribution in [-0.2, 0) is 19.1 Å². The van der Waals surface area contributed by atoms with Gasteiger partial charge < -0.3 is 40.6 Å². The number of aromatic amines is 1. The Morgan fingerprint density at radius 3 is 2.09 bits per heavy atom. The third-order valence-electron chi connectivity index (χ3n) is 7.99. The van der Waals surface area contributed by atoms with Crippen LogP contribution in [0.4, 0.5) is 9.59 Å². The Kier molecular flexibility index (Phi) is 12.9. The normalized spacial score (nSPS) is 19.8. The van der Waals surface area contributed by atoms with Crippen molar-refractivity contribution in [2.45, 2.75) is 90.5 Å². The lowest BCUT2D eigenvalue weighted by atomic mass is 10.0. The molecule has 2 saturated heterocycles. The average Bonchev–Trinajstić information content (AvgIpc) is 3.80. The summed E-state index contributed by atoms with van der Waals surface area (Å²) < 4.78 is 9.38. The zero-order valence-electron chi connectivity index (χ0n) is 27.7. The molecule has 5 N–H and O–H groups in total. The standard InChI is InChI=1S/C32H46N8O6/c1-19(2)25(37-31(43)45-6)29(41)39-16-10-14-23(39)27(33)35-21(5)12-8-9-13-22-18-34-28(36-22)24-15-11-17-40(24)30(42)26(20(3)4)38-32(44)46-7/h18-21,23-26H,10-11,14-17H2,1-7H3,(H2,33,35)(H,34,36)(H,37,43)(H,38,44)/t21?,23-,24-,25-,26-/m0/s1. The van der Waals surface area contributed by atoms with Crippen LogP contribution in [0.2, 0.25) is 0 Å². The summed E-state index contributed by atoms with van der Waals surface area (Å²) in [6.45, 7) is 10.3. The van der Waals surface area contributed by atoms with Gasteiger partial charge in [0.05, 0.1) is 32.5 Å². The molecule has 2 aliphatic rings. The molecule has 46 heavy (non-hydrogen) atoms. The van der Waals surface area contributed by atoms with Crippen LogP contribution in [0.15, 0.2) is 11.2 Å². The predicted molar refractivity (Wildman–Crippen MR) is 171 cm³/mol. The van der Waals surface area contributed by atoms with Crippen molar-refractivity contribution in [2.75, 3.05) is 27.3 Å². The van der Waals surface area contributed by atoms with Gasteiger partial charge >= 0.3 is 12.2 Å². The van der Waals surface area contributed by atoms with Gasteiger partial charge in [0, 0.05) is 13.1 Å². The number of carbonyl (C=O) groups excluding carboxylic acids is 4. The predicted octanol–water partition coefficient (Wildman–Crippen LogP) is 1.93. The van der Waals surface area contributed by atoms with Gasteiger partial charge in [0.25, 0.3) is 0 Å². The number of nitrogens with one attached hydrogen (secondary N) is 3. The molecule has 3 rings (SSSR count). The Hall–Kier alpha value is -4.72. The van der Waals surface area contributed by atoms with Gasteiger partial charge in [0.2, 0.25) is 11.8 Å². The fourth-order valence-corrected chi connectivity index (χ4v) is 5.56. The molecule has 1 aromatic rings. The van der Waals surface area contributed by atoms with E-state index in [1.54, 1.807) is 22.9 Å². The number of H-pyrrole nitrogens is 1. The lowest BCUT2D eigenvalue weighted by Crippen LogP contribution is -2.54. The van der Waals surface area contributed by atoms with Crippen LogP contribution in [0.25, 0.3) is 0 Å². The molecule has 1 unspecified atom stereocenters. The molecule has 14 nitrogen and oxygen atoms in total. The van der Waals surface area contributed by atoms with E-state index in [0.717, 1.165) is 19.3 Å². The lowest BCUT2D eigenvalue weighted by molar-refractivity contribution is -0.135. The molecule has 2 fully saturated rings. The van der Waals surface area contributed by atoms with E-state index in [4.69, 9.17) is 10.5 Å². The van der Waals surface area contributed by atoms with Crippen LogP contribution in [0.1, 0.15) is 77.9 Å². The van der Waals surface area contributed by atoms with E-state index in [1.165, 1.54) is 14.2 Å². The number of amidine groups is 1. The highest BCUT2D eigenvalue weighted by Crippen LogP contribution is 2.31. The first-order valence-electron chi connectivity index (χ1n) is 15.6. The van der Waals surface area contributed by atoms with Gasteiger partial charge in [-0.3, -0.25) is 14.6 Å². The maximum Gasteiger partial charge on any atom is 0.407 e. The van der Waals surface area contributed by atoms with Crippen LogP contribution >= 0.6 is 0 Å². The summed E-state index contributed by atoms with van der Waals surface area (Å²) in [4.78, 5) is 65.8. The van der Waals surface area contributed by atoms with Gasteiger partial charge in [-0.15, -0.1) is 0 Å². The quantitative estimate of drug-likeness (QED) is 0.180. The van der Waals surface area contributed by atoms with Crippen molar-refractivity contribution >= 4 is 29.8 Å². The highest BCUT2D eigenvalue weighted by molar-refractivity contribution is 5.93. The summed E-state index contributed by atoms with van der Waals surface area (Å²) in [5.41, 5.74) is 6.89. The first-order valence-corrected chi connectivity index (χ1v) is 15.6. The van der Waals surface area contributed by atoms with Crippen molar-refractivity contribution in [3.63, 3.8) is 0 Å². The number of carbonyl (C=O) groups is 4. The number of aliphatic imine (C=N–C) groups is 1. The third-order valence-corrected chi connectivity index (χ3v) is 7.99. The second-order valence-corrected chi connectivity index (χ2v) is 12.0. The van der Waals surface area contributed by atoms with Crippen LogP contribution in [0.5, 0.6) is 0 Å². The highest BCUT2D eigenvalue weighted by atomic mass is 16.5. The molecule has 250 valence electrons. The summed E-state index contributed by atoms with van der Waals surface area (Å²) >= 11 is 0. The second kappa shape index (κ2) is 16.5. The molecule has 0 saturated carbocycles. The minimum atomic E-state index is -0.742. The van der Waals surface area contributed by atoms with Crippen molar-refractivity contribution < 1.29 is 28.7 Å². The minimum Gasteiger partial charge on any atom is -0.453 e. The molecule has 3 heterocycles. The number of nitrogens with zero attached hydrogens (tertiary/aromatic N) is 4. The number of rotatable bonds is 9. The number of imidazole rings is 1. The number of hydrogen-bond donors (Lipinski definition) is 4. The molecule has 0 aliphatic carbocycles. The molecule has 2 aliphatic heterocycles. The van der Waals surface area contributed by atoms with Gasteiger partial charge in [-0.2, -0.15) is 0 Å². The number of hydrogen-bond acceptors (Lipinski definition) is 8. The van der Waals surface area contributed by atoms with E-state index in [0.29, 0.717) is 36.9 Å². The Labute approximate surface area is 270 Å². The number of ether oxygens (including phenoxy) is 2. The van der Waals surface area contributed by atoms with E-state index in [2.05, 4.69) is 54.0 Å². The van der Waals surface area contributed by atoms with E-state index in [-0.39, 0.29) is 35.7 Å². The molecule has 4 amide bonds. The van der Waals surface area contributed by atoms with Crippen LogP contribution < -0.4 is 16.4 Å². The molecule has 0 bridgehead atoms. The summed E-state index contributed by atoms with van der Waals surface area (Å²) in [6, 6.07) is -2.57. The first kappa shape index (κ1) is 35.8. The SMILES string of the molecule is COC(=O)N[C@H](C(=O)N1CCC[C@H]1/C(N)=N/C(C)C#CC#Cc1cnc([C@@H]2CCCN2C(=O)[C@@H](NC(=O)OC)C(C)C)[nH]1)C(C)C. The largest absolute Gasteiger partial charge is 0.453 e.